The summed E-state index contributed by atoms with van der Waals surface area (Å²) in [5, 5.41) is 18.7. The molecule has 35 heavy (non-hydrogen) atoms. The van der Waals surface area contributed by atoms with Crippen molar-refractivity contribution in [3.63, 3.8) is 0 Å². The Kier molecular flexibility index (Phi) is 10.9. The molecule has 1 atom stereocenters. The topological polar surface area (TPSA) is 131 Å². The number of amides is 1. The van der Waals surface area contributed by atoms with E-state index >= 15 is 0 Å². The predicted octanol–water partition coefficient (Wildman–Crippen LogP) is 2.85. The number of ether oxygens (including phenoxy) is 1. The number of hydrogen-bond donors (Lipinski definition) is 3. The molecule has 1 aromatic carbocycles. The third kappa shape index (κ3) is 9.38. The molecule has 0 aromatic heterocycles. The molecule has 1 aromatic rings. The molecule has 4 N–H and O–H groups in total. The van der Waals surface area contributed by atoms with E-state index in [2.05, 4.69) is 11.9 Å². The van der Waals surface area contributed by atoms with E-state index in [1.165, 1.54) is 6.92 Å². The summed E-state index contributed by atoms with van der Waals surface area (Å²) in [7, 11) is -4.17. The zero-order chi connectivity index (χ0) is 26.1. The van der Waals surface area contributed by atoms with Crippen LogP contribution in [0.5, 0.6) is 5.75 Å². The van der Waals surface area contributed by atoms with Gasteiger partial charge in [0.15, 0.2) is 0 Å². The van der Waals surface area contributed by atoms with Crippen LogP contribution in [0.15, 0.2) is 37.1 Å². The van der Waals surface area contributed by atoms with Crippen molar-refractivity contribution in [3.8, 4) is 5.75 Å². The molecule has 0 aliphatic heterocycles. The summed E-state index contributed by atoms with van der Waals surface area (Å²) in [6.07, 6.45) is 8.46. The Hall–Kier alpha value is -2.24. The first kappa shape index (κ1) is 29.0. The van der Waals surface area contributed by atoms with Gasteiger partial charge in [-0.3, -0.25) is 9.69 Å². The van der Waals surface area contributed by atoms with Gasteiger partial charge in [-0.05, 0) is 75.3 Å². The average molecular weight is 510 g/mol. The first-order chi connectivity index (χ1) is 16.5. The van der Waals surface area contributed by atoms with Crippen molar-refractivity contribution >= 4 is 22.3 Å². The fraction of sp³-hybridized carbons (Fsp3) is 0.560. The molecule has 0 spiro atoms. The SMILES string of the molecule is C=CCc1cc(C=CNC(C)=O)ccc1OCC(O)CN(C(C)C)C1(OS(N)(=O)=O)CCCCC1. The molecule has 1 aliphatic carbocycles. The van der Waals surface area contributed by atoms with E-state index in [0.717, 1.165) is 30.4 Å². The van der Waals surface area contributed by atoms with Crippen molar-refractivity contribution < 1.29 is 27.2 Å². The van der Waals surface area contributed by atoms with Gasteiger partial charge in [-0.25, -0.2) is 9.32 Å². The molecule has 0 heterocycles. The highest BCUT2D eigenvalue weighted by atomic mass is 32.2. The summed E-state index contributed by atoms with van der Waals surface area (Å²) in [6, 6.07) is 5.50. The van der Waals surface area contributed by atoms with E-state index in [1.54, 1.807) is 18.4 Å². The lowest BCUT2D eigenvalue weighted by atomic mass is 9.89. The van der Waals surface area contributed by atoms with E-state index in [-0.39, 0.29) is 25.1 Å². The van der Waals surface area contributed by atoms with Gasteiger partial charge < -0.3 is 15.2 Å². The molecule has 196 valence electrons. The van der Waals surface area contributed by atoms with Crippen LogP contribution in [0.2, 0.25) is 0 Å². The normalized spacial score (nSPS) is 17.0. The fourth-order valence-electron chi connectivity index (χ4n) is 4.47. The Labute approximate surface area is 209 Å². The molecular weight excluding hydrogens is 470 g/mol. The molecule has 10 heteroatoms. The van der Waals surface area contributed by atoms with E-state index < -0.39 is 22.1 Å². The summed E-state index contributed by atoms with van der Waals surface area (Å²) in [4.78, 5) is 12.9. The Balaban J connectivity index is 2.13. The van der Waals surface area contributed by atoms with Crippen molar-refractivity contribution in [2.24, 2.45) is 5.14 Å². The molecule has 1 saturated carbocycles. The summed E-state index contributed by atoms with van der Waals surface area (Å²) in [5.74, 6) is 0.464. The summed E-state index contributed by atoms with van der Waals surface area (Å²) in [5.41, 5.74) is 0.699. The molecule has 0 radical (unpaired) electrons. The minimum absolute atomic E-state index is 0.0138. The number of aliphatic hydroxyl groups is 1. The van der Waals surface area contributed by atoms with Crippen LogP contribution in [-0.4, -0.2) is 55.4 Å². The van der Waals surface area contributed by atoms with E-state index in [0.29, 0.717) is 25.0 Å². The predicted molar refractivity (Wildman–Crippen MR) is 137 cm³/mol. The number of nitrogens with two attached hydrogens (primary N) is 1. The van der Waals surface area contributed by atoms with Gasteiger partial charge in [-0.1, -0.05) is 18.6 Å². The second-order valence-corrected chi connectivity index (χ2v) is 10.3. The van der Waals surface area contributed by atoms with Gasteiger partial charge in [0.05, 0.1) is 0 Å². The monoisotopic (exact) mass is 509 g/mol. The van der Waals surface area contributed by atoms with Crippen LogP contribution in [0.3, 0.4) is 0 Å². The smallest absolute Gasteiger partial charge is 0.335 e. The molecule has 2 rings (SSSR count). The van der Waals surface area contributed by atoms with Crippen molar-refractivity contribution in [2.45, 2.75) is 77.2 Å². The summed E-state index contributed by atoms with van der Waals surface area (Å²) < 4.78 is 35.1. The van der Waals surface area contributed by atoms with Crippen molar-refractivity contribution in [1.29, 1.82) is 0 Å². The van der Waals surface area contributed by atoms with Gasteiger partial charge >= 0.3 is 10.3 Å². The largest absolute Gasteiger partial charge is 0.491 e. The van der Waals surface area contributed by atoms with E-state index in [1.807, 2.05) is 36.9 Å². The maximum Gasteiger partial charge on any atom is 0.335 e. The highest BCUT2D eigenvalue weighted by molar-refractivity contribution is 7.84. The van der Waals surface area contributed by atoms with Crippen molar-refractivity contribution in [1.82, 2.24) is 10.2 Å². The molecule has 1 aliphatic rings. The average Bonchev–Trinajstić information content (AvgIpc) is 2.76. The maximum atomic E-state index is 11.9. The standard InChI is InChI=1S/C25H39N3O6S/c1-5-9-22-16-21(12-15-27-20(4)29)10-11-24(22)33-18-23(30)17-28(19(2)3)25(34-35(26,31)32)13-7-6-8-14-25/h5,10-12,15-16,19,23,30H,1,6-9,13-14,17-18H2,2-4H3,(H,27,29)(H2,26,31,32). The van der Waals surface area contributed by atoms with Crippen LogP contribution in [0.25, 0.3) is 6.08 Å². The molecule has 0 saturated heterocycles. The Morgan fingerprint density at radius 3 is 2.57 bits per heavy atom. The van der Waals surface area contributed by atoms with Crippen LogP contribution < -0.4 is 15.2 Å². The molecular formula is C25H39N3O6S. The third-order valence-electron chi connectivity index (χ3n) is 5.90. The molecule has 1 unspecified atom stereocenters. The van der Waals surface area contributed by atoms with Gasteiger partial charge in [-0.15, -0.1) is 6.58 Å². The number of hydrogen-bond acceptors (Lipinski definition) is 7. The van der Waals surface area contributed by atoms with Crippen LogP contribution in [0.1, 0.15) is 64.0 Å². The van der Waals surface area contributed by atoms with Crippen LogP contribution in [0.4, 0.5) is 0 Å². The Morgan fingerprint density at radius 1 is 1.31 bits per heavy atom. The maximum absolute atomic E-state index is 11.9. The highest BCUT2D eigenvalue weighted by Gasteiger charge is 2.44. The Morgan fingerprint density at radius 2 is 2.00 bits per heavy atom. The summed E-state index contributed by atoms with van der Waals surface area (Å²) >= 11 is 0. The zero-order valence-corrected chi connectivity index (χ0v) is 21.7. The quantitative estimate of drug-likeness (QED) is 0.275. The first-order valence-electron chi connectivity index (χ1n) is 11.9. The number of nitrogens with zero attached hydrogens (tertiary/aromatic N) is 1. The van der Waals surface area contributed by atoms with Crippen LogP contribution in [0, 0.1) is 0 Å². The highest BCUT2D eigenvalue weighted by Crippen LogP contribution is 2.37. The number of aliphatic hydroxyl groups excluding tert-OH is 1. The minimum atomic E-state index is -4.17. The fourth-order valence-corrected chi connectivity index (χ4v) is 5.16. The van der Waals surface area contributed by atoms with Crippen LogP contribution in [-0.2, 0) is 25.7 Å². The lowest BCUT2D eigenvalue weighted by molar-refractivity contribution is -0.135. The number of rotatable bonds is 13. The van der Waals surface area contributed by atoms with Gasteiger partial charge in [0.2, 0.25) is 5.91 Å². The molecule has 0 bridgehead atoms. The van der Waals surface area contributed by atoms with E-state index in [9.17, 15) is 18.3 Å². The first-order valence-corrected chi connectivity index (χ1v) is 13.4. The molecule has 1 amide bonds. The number of carbonyl (C=O) groups excluding carboxylic acids is 1. The molecule has 9 nitrogen and oxygen atoms in total. The summed E-state index contributed by atoms with van der Waals surface area (Å²) in [6.45, 7) is 9.29. The molecule has 1 fully saturated rings. The Bertz CT molecular complexity index is 987. The van der Waals surface area contributed by atoms with Gasteiger partial charge in [-0.2, -0.15) is 8.42 Å². The van der Waals surface area contributed by atoms with E-state index in [4.69, 9.17) is 14.1 Å². The number of carbonyl (C=O) groups is 1. The second-order valence-electron chi connectivity index (χ2n) is 9.19. The number of allylic oxidation sites excluding steroid dienone is 1. The van der Waals surface area contributed by atoms with Gasteiger partial charge in [0, 0.05) is 25.7 Å². The number of nitrogens with one attached hydrogen (secondary N) is 1. The van der Waals surface area contributed by atoms with Crippen molar-refractivity contribution in [2.75, 3.05) is 13.2 Å². The lowest BCUT2D eigenvalue weighted by Crippen LogP contribution is -2.58. The van der Waals surface area contributed by atoms with Crippen molar-refractivity contribution in [3.05, 3.63) is 48.2 Å². The lowest BCUT2D eigenvalue weighted by Gasteiger charge is -2.47. The van der Waals surface area contributed by atoms with Gasteiger partial charge in [0.25, 0.3) is 0 Å². The van der Waals surface area contributed by atoms with Crippen LogP contribution >= 0.6 is 0 Å². The second kappa shape index (κ2) is 13.2. The third-order valence-corrected chi connectivity index (χ3v) is 6.45. The zero-order valence-electron chi connectivity index (χ0n) is 20.9. The minimum Gasteiger partial charge on any atom is -0.491 e. The number of benzene rings is 1. The van der Waals surface area contributed by atoms with Gasteiger partial charge in [0.1, 0.15) is 24.2 Å².